The molecule has 5 nitrogen and oxygen atoms in total. The highest BCUT2D eigenvalue weighted by Crippen LogP contribution is 2.27. The summed E-state index contributed by atoms with van der Waals surface area (Å²) in [5, 5.41) is 0. The van der Waals surface area contributed by atoms with E-state index in [1.165, 1.54) is 25.6 Å². The molecule has 1 saturated carbocycles. The van der Waals surface area contributed by atoms with Crippen molar-refractivity contribution in [2.75, 3.05) is 13.7 Å². The minimum atomic E-state index is -3.39. The average Bonchev–Trinajstić information content (AvgIpc) is 2.46. The molecule has 1 aliphatic rings. The van der Waals surface area contributed by atoms with Gasteiger partial charge in [-0.15, -0.1) is 0 Å². The van der Waals surface area contributed by atoms with Crippen molar-refractivity contribution in [3.05, 3.63) is 24.3 Å². The second-order valence-corrected chi connectivity index (χ2v) is 7.28. The van der Waals surface area contributed by atoms with Gasteiger partial charge in [-0.2, -0.15) is 0 Å². The fourth-order valence-electron chi connectivity index (χ4n) is 2.46. The maximum absolute atomic E-state index is 11.6. The zero-order chi connectivity index (χ0) is 14.6. The van der Waals surface area contributed by atoms with E-state index >= 15 is 0 Å². The zero-order valence-corrected chi connectivity index (χ0v) is 12.6. The molecule has 0 unspecified atom stereocenters. The normalized spacial score (nSPS) is 18.7. The van der Waals surface area contributed by atoms with E-state index in [1.54, 1.807) is 12.1 Å². The lowest BCUT2D eigenvalue weighted by Gasteiger charge is -2.33. The Morgan fingerprint density at radius 3 is 2.35 bits per heavy atom. The van der Waals surface area contributed by atoms with Crippen LogP contribution in [0.5, 0.6) is 5.75 Å². The molecule has 0 bridgehead atoms. The highest BCUT2D eigenvalue weighted by molar-refractivity contribution is 7.89. The maximum Gasteiger partial charge on any atom is 0.240 e. The molecule has 0 radical (unpaired) electrons. The first-order valence-electron chi connectivity index (χ1n) is 6.91. The summed E-state index contributed by atoms with van der Waals surface area (Å²) in [7, 11) is -2.00. The van der Waals surface area contributed by atoms with Crippen LogP contribution >= 0.6 is 0 Å². The van der Waals surface area contributed by atoms with E-state index in [1.807, 2.05) is 0 Å². The third kappa shape index (κ3) is 3.71. The van der Waals surface area contributed by atoms with E-state index in [4.69, 9.17) is 10.5 Å². The Morgan fingerprint density at radius 1 is 1.20 bits per heavy atom. The van der Waals surface area contributed by atoms with Gasteiger partial charge in [0.15, 0.2) is 0 Å². The summed E-state index contributed by atoms with van der Waals surface area (Å²) in [6.07, 6.45) is 5.52. The topological polar surface area (TPSA) is 81.4 Å². The Kier molecular flexibility index (Phi) is 4.67. The van der Waals surface area contributed by atoms with Gasteiger partial charge < -0.3 is 10.5 Å². The number of nitrogens with two attached hydrogens (primary N) is 1. The molecule has 0 amide bonds. The molecule has 0 spiro atoms. The molecule has 1 aromatic carbocycles. The number of sulfonamides is 1. The van der Waals surface area contributed by atoms with Crippen molar-refractivity contribution in [1.82, 2.24) is 4.72 Å². The molecule has 20 heavy (non-hydrogen) atoms. The minimum Gasteiger partial charge on any atom is -0.492 e. The van der Waals surface area contributed by atoms with Crippen LogP contribution in [0.2, 0.25) is 0 Å². The number of rotatable bonds is 5. The number of nitrogens with one attached hydrogen (secondary N) is 1. The van der Waals surface area contributed by atoms with Crippen LogP contribution in [0, 0.1) is 0 Å². The Hall–Kier alpha value is -1.11. The predicted octanol–water partition coefficient (Wildman–Crippen LogP) is 1.64. The molecule has 0 heterocycles. The molecule has 112 valence electrons. The van der Waals surface area contributed by atoms with Crippen LogP contribution in [0.1, 0.15) is 32.1 Å². The number of ether oxygens (including phenoxy) is 1. The average molecular weight is 298 g/mol. The smallest absolute Gasteiger partial charge is 0.240 e. The van der Waals surface area contributed by atoms with Gasteiger partial charge in [-0.1, -0.05) is 19.3 Å². The summed E-state index contributed by atoms with van der Waals surface area (Å²) in [5.41, 5.74) is 6.05. The molecule has 2 rings (SSSR count). The molecule has 0 atom stereocenters. The summed E-state index contributed by atoms with van der Waals surface area (Å²) >= 11 is 0. The molecular formula is C14H22N2O3S. The van der Waals surface area contributed by atoms with Gasteiger partial charge in [-0.25, -0.2) is 13.1 Å². The van der Waals surface area contributed by atoms with E-state index in [-0.39, 0.29) is 10.4 Å². The lowest BCUT2D eigenvalue weighted by Crippen LogP contribution is -2.47. The highest BCUT2D eigenvalue weighted by atomic mass is 32.2. The molecule has 0 saturated heterocycles. The Labute approximate surface area is 120 Å². The summed E-state index contributed by atoms with van der Waals surface area (Å²) in [6, 6.07) is 6.39. The predicted molar refractivity (Wildman–Crippen MR) is 78.2 cm³/mol. The van der Waals surface area contributed by atoms with E-state index in [2.05, 4.69) is 4.72 Å². The Bertz CT molecular complexity index is 534. The van der Waals surface area contributed by atoms with Gasteiger partial charge in [-0.3, -0.25) is 0 Å². The standard InChI is InChI=1S/C14H22N2O3S/c1-16-20(17,18)13-7-5-12(6-8-13)19-11-14(15)9-3-2-4-10-14/h5-8,16H,2-4,9-11,15H2,1H3. The van der Waals surface area contributed by atoms with Gasteiger partial charge in [-0.05, 0) is 44.2 Å². The second kappa shape index (κ2) is 6.11. The Morgan fingerprint density at radius 2 is 1.80 bits per heavy atom. The van der Waals surface area contributed by atoms with Crippen LogP contribution in [0.3, 0.4) is 0 Å². The van der Waals surface area contributed by atoms with Gasteiger partial charge in [0.25, 0.3) is 0 Å². The van der Waals surface area contributed by atoms with Crippen molar-refractivity contribution in [2.45, 2.75) is 42.5 Å². The van der Waals surface area contributed by atoms with Gasteiger partial charge in [0.2, 0.25) is 10.0 Å². The first-order chi connectivity index (χ1) is 9.45. The zero-order valence-electron chi connectivity index (χ0n) is 11.8. The maximum atomic E-state index is 11.6. The van der Waals surface area contributed by atoms with E-state index in [0.717, 1.165) is 25.7 Å². The highest BCUT2D eigenvalue weighted by Gasteiger charge is 2.28. The molecule has 1 aromatic rings. The largest absolute Gasteiger partial charge is 0.492 e. The lowest BCUT2D eigenvalue weighted by atomic mass is 9.83. The Balaban J connectivity index is 1.97. The van der Waals surface area contributed by atoms with Crippen LogP contribution in [0.25, 0.3) is 0 Å². The third-order valence-electron chi connectivity index (χ3n) is 3.78. The van der Waals surface area contributed by atoms with Crippen molar-refractivity contribution in [3.8, 4) is 5.75 Å². The molecule has 0 aliphatic heterocycles. The molecular weight excluding hydrogens is 276 g/mol. The van der Waals surface area contributed by atoms with Crippen molar-refractivity contribution in [3.63, 3.8) is 0 Å². The van der Waals surface area contributed by atoms with E-state index in [0.29, 0.717) is 12.4 Å². The number of benzene rings is 1. The fraction of sp³-hybridized carbons (Fsp3) is 0.571. The number of hydrogen-bond donors (Lipinski definition) is 2. The quantitative estimate of drug-likeness (QED) is 0.866. The summed E-state index contributed by atoms with van der Waals surface area (Å²) < 4.78 is 31.2. The van der Waals surface area contributed by atoms with Gasteiger partial charge in [0, 0.05) is 0 Å². The van der Waals surface area contributed by atoms with Crippen molar-refractivity contribution < 1.29 is 13.2 Å². The van der Waals surface area contributed by atoms with Crippen LogP contribution in [0.15, 0.2) is 29.2 Å². The van der Waals surface area contributed by atoms with Crippen LogP contribution in [-0.4, -0.2) is 27.6 Å². The van der Waals surface area contributed by atoms with Gasteiger partial charge >= 0.3 is 0 Å². The lowest BCUT2D eigenvalue weighted by molar-refractivity contribution is 0.173. The summed E-state index contributed by atoms with van der Waals surface area (Å²) in [5.74, 6) is 0.649. The van der Waals surface area contributed by atoms with Crippen LogP contribution < -0.4 is 15.2 Å². The third-order valence-corrected chi connectivity index (χ3v) is 5.21. The first-order valence-corrected chi connectivity index (χ1v) is 8.39. The van der Waals surface area contributed by atoms with Gasteiger partial charge in [0.05, 0.1) is 10.4 Å². The molecule has 3 N–H and O–H groups in total. The number of hydrogen-bond acceptors (Lipinski definition) is 4. The monoisotopic (exact) mass is 298 g/mol. The molecule has 0 aromatic heterocycles. The van der Waals surface area contributed by atoms with Crippen LogP contribution in [0.4, 0.5) is 0 Å². The van der Waals surface area contributed by atoms with E-state index < -0.39 is 10.0 Å². The van der Waals surface area contributed by atoms with Crippen molar-refractivity contribution in [2.24, 2.45) is 5.73 Å². The van der Waals surface area contributed by atoms with Gasteiger partial charge in [0.1, 0.15) is 12.4 Å². The minimum absolute atomic E-state index is 0.229. The van der Waals surface area contributed by atoms with Crippen molar-refractivity contribution >= 4 is 10.0 Å². The van der Waals surface area contributed by atoms with Crippen LogP contribution in [-0.2, 0) is 10.0 Å². The van der Waals surface area contributed by atoms with E-state index in [9.17, 15) is 8.42 Å². The molecule has 1 fully saturated rings. The first kappa shape index (κ1) is 15.3. The molecule has 1 aliphatic carbocycles. The fourth-order valence-corrected chi connectivity index (χ4v) is 3.19. The summed E-state index contributed by atoms with van der Waals surface area (Å²) in [4.78, 5) is 0.229. The second-order valence-electron chi connectivity index (χ2n) is 5.39. The molecule has 6 heteroatoms. The summed E-state index contributed by atoms with van der Waals surface area (Å²) in [6.45, 7) is 0.477. The SMILES string of the molecule is CNS(=O)(=O)c1ccc(OCC2(N)CCCCC2)cc1. The van der Waals surface area contributed by atoms with Crippen molar-refractivity contribution in [1.29, 1.82) is 0 Å².